The molecule has 2 heterocycles. The molecule has 0 aromatic heterocycles. The summed E-state index contributed by atoms with van der Waals surface area (Å²) in [5.74, 6) is 0. The molecule has 7 heteroatoms. The van der Waals surface area contributed by atoms with Crippen molar-refractivity contribution in [1.82, 2.24) is 29.8 Å². The molecule has 0 unspecified atom stereocenters. The largest absolute Gasteiger partial charge is 0.358 e. The third kappa shape index (κ3) is 7.99. The van der Waals surface area contributed by atoms with Crippen LogP contribution in [0.3, 0.4) is 0 Å². The Morgan fingerprint density at radius 1 is 0.632 bits per heavy atom. The van der Waals surface area contributed by atoms with Gasteiger partial charge in [-0.25, -0.2) is 0 Å². The van der Waals surface area contributed by atoms with Gasteiger partial charge >= 0.3 is 0 Å². The van der Waals surface area contributed by atoms with Gasteiger partial charge in [-0.15, -0.1) is 9.80 Å². The summed E-state index contributed by atoms with van der Waals surface area (Å²) in [6.07, 6.45) is 0. The Kier molecular flexibility index (Phi) is 13.6. The average molecular weight is 317 g/mol. The summed E-state index contributed by atoms with van der Waals surface area (Å²) in [4.78, 5) is 4.25. The van der Waals surface area contributed by atoms with Gasteiger partial charge in [0.15, 0.2) is 0 Å². The van der Waals surface area contributed by atoms with Crippen molar-refractivity contribution in [1.29, 1.82) is 0 Å². The van der Waals surface area contributed by atoms with Crippen molar-refractivity contribution in [3.8, 4) is 0 Å². The number of hydrogen-bond donors (Lipinski definition) is 0. The standard InChI is InChI=1S/2C5H12N3.2CH3.Ni/c2*1-6-4-7(2)8(3)5-6;;;/h2*4H,5H2,1-3H3;2*1H3;/q2*+1;2*-1;. The van der Waals surface area contributed by atoms with Crippen LogP contribution in [0.4, 0.5) is 0 Å². The van der Waals surface area contributed by atoms with Crippen molar-refractivity contribution in [3.63, 3.8) is 0 Å². The summed E-state index contributed by atoms with van der Waals surface area (Å²) in [5, 5.41) is 8.36. The molecule has 19 heavy (non-hydrogen) atoms. The number of hydrogen-bond acceptors (Lipinski definition) is 6. The minimum atomic E-state index is 0. The Bertz CT molecular complexity index is 176. The summed E-state index contributed by atoms with van der Waals surface area (Å²) in [6, 6.07) is 0. The van der Waals surface area contributed by atoms with Crippen LogP contribution >= 0.6 is 0 Å². The van der Waals surface area contributed by atoms with Crippen molar-refractivity contribution in [3.05, 3.63) is 28.2 Å². The minimum absolute atomic E-state index is 0. The molecule has 2 aliphatic heterocycles. The summed E-state index contributed by atoms with van der Waals surface area (Å²) in [7, 11) is 12.3. The fourth-order valence-electron chi connectivity index (χ4n) is 1.67. The predicted molar refractivity (Wildman–Crippen MR) is 77.7 cm³/mol. The first-order chi connectivity index (χ1) is 7.40. The first-order valence-corrected chi connectivity index (χ1v) is 5.38. The van der Waals surface area contributed by atoms with Gasteiger partial charge in [-0.2, -0.15) is 10.0 Å². The number of nitrogens with zero attached hydrogens (tertiary/aromatic N) is 6. The first kappa shape index (κ1) is 24.0. The summed E-state index contributed by atoms with van der Waals surface area (Å²) >= 11 is 0. The fraction of sp³-hybridized carbons (Fsp3) is 0.667. The molecule has 2 aliphatic rings. The number of hydrazine groups is 2. The molecule has 0 spiro atoms. The summed E-state index contributed by atoms with van der Waals surface area (Å²) in [6.45, 7) is 6.10. The van der Waals surface area contributed by atoms with E-state index in [1.54, 1.807) is 0 Å². The van der Waals surface area contributed by atoms with E-state index in [9.17, 15) is 0 Å². The van der Waals surface area contributed by atoms with Crippen LogP contribution in [-0.2, 0) is 16.5 Å². The molecule has 0 aromatic carbocycles. The van der Waals surface area contributed by atoms with Crippen LogP contribution in [0.25, 0.3) is 0 Å². The monoisotopic (exact) mass is 316 g/mol. The Labute approximate surface area is 130 Å². The third-order valence-corrected chi connectivity index (χ3v) is 2.66. The molecule has 0 bridgehead atoms. The van der Waals surface area contributed by atoms with E-state index in [0.717, 1.165) is 13.3 Å². The molecule has 2 rings (SSSR count). The molecule has 0 aromatic rings. The topological polar surface area (TPSA) is 19.4 Å². The maximum absolute atomic E-state index is 2.12. The maximum Gasteiger partial charge on any atom is 0.260 e. The van der Waals surface area contributed by atoms with Crippen LogP contribution < -0.4 is 0 Å². The molecule has 6 nitrogen and oxygen atoms in total. The molecular weight excluding hydrogens is 287 g/mol. The van der Waals surface area contributed by atoms with Gasteiger partial charge in [0.05, 0.1) is 0 Å². The van der Waals surface area contributed by atoms with Crippen molar-refractivity contribution < 1.29 is 16.5 Å². The molecule has 2 saturated heterocycles. The van der Waals surface area contributed by atoms with Gasteiger partial charge in [-0.1, -0.05) is 10.0 Å². The van der Waals surface area contributed by atoms with Crippen molar-refractivity contribution in [2.75, 3.05) is 55.6 Å². The van der Waals surface area contributed by atoms with E-state index in [0.29, 0.717) is 0 Å². The molecule has 2 fully saturated rings. The second kappa shape index (κ2) is 10.7. The van der Waals surface area contributed by atoms with Crippen molar-refractivity contribution in [2.45, 2.75) is 0 Å². The Morgan fingerprint density at radius 3 is 0.947 bits per heavy atom. The first-order valence-electron chi connectivity index (χ1n) is 5.38. The van der Waals surface area contributed by atoms with Crippen molar-refractivity contribution >= 4 is 0 Å². The summed E-state index contributed by atoms with van der Waals surface area (Å²) < 4.78 is 0. The number of rotatable bonds is 0. The fourth-order valence-corrected chi connectivity index (χ4v) is 1.67. The molecule has 0 saturated carbocycles. The van der Waals surface area contributed by atoms with Gasteiger partial charge in [-0.05, 0) is 0 Å². The Hall–Kier alpha value is -0.00649. The van der Waals surface area contributed by atoms with Crippen molar-refractivity contribution in [2.24, 2.45) is 0 Å². The molecule has 0 amide bonds. The van der Waals surface area contributed by atoms with E-state index in [1.165, 1.54) is 0 Å². The Morgan fingerprint density at radius 2 is 0.895 bits per heavy atom. The molecule has 118 valence electrons. The normalized spacial score (nSPS) is 22.2. The Balaban J connectivity index is -0.000000233. The molecular formula is C12H30N6Ni. The third-order valence-electron chi connectivity index (χ3n) is 2.66. The van der Waals surface area contributed by atoms with E-state index in [4.69, 9.17) is 0 Å². The van der Waals surface area contributed by atoms with Crippen LogP contribution in [0.5, 0.6) is 0 Å². The maximum atomic E-state index is 2.12. The zero-order chi connectivity index (χ0) is 12.3. The van der Waals surface area contributed by atoms with Gasteiger partial charge in [0, 0.05) is 58.8 Å². The smallest absolute Gasteiger partial charge is 0.260 e. The predicted octanol–water partition coefficient (Wildman–Crippen LogP) is 0.472. The molecule has 0 aliphatic carbocycles. The van der Waals surface area contributed by atoms with Gasteiger partial charge in [0.1, 0.15) is 13.3 Å². The van der Waals surface area contributed by atoms with Crippen LogP contribution in [-0.4, -0.2) is 85.5 Å². The quantitative estimate of drug-likeness (QED) is 0.475. The van der Waals surface area contributed by atoms with E-state index in [1.807, 2.05) is 14.1 Å². The van der Waals surface area contributed by atoms with Gasteiger partial charge in [0.2, 0.25) is 0 Å². The van der Waals surface area contributed by atoms with Crippen LogP contribution in [0.1, 0.15) is 0 Å². The van der Waals surface area contributed by atoms with Gasteiger partial charge in [0.25, 0.3) is 13.3 Å². The van der Waals surface area contributed by atoms with E-state index in [2.05, 4.69) is 71.4 Å². The SMILES string of the molecule is CN1[CH+]N(C)N(C)C1.CN1[CH+]N(C)N(C)C1.[CH3-].[CH3-].[Ni]. The van der Waals surface area contributed by atoms with Gasteiger partial charge in [-0.3, -0.25) is 0 Å². The zero-order valence-electron chi connectivity index (χ0n) is 13.6. The van der Waals surface area contributed by atoms with E-state index in [-0.39, 0.29) is 31.3 Å². The molecule has 0 N–H and O–H groups in total. The second-order valence-corrected chi connectivity index (χ2v) is 4.49. The van der Waals surface area contributed by atoms with Crippen LogP contribution in [0.15, 0.2) is 0 Å². The van der Waals surface area contributed by atoms with Crippen LogP contribution in [0.2, 0.25) is 0 Å². The molecule has 0 radical (unpaired) electrons. The molecule has 0 atom stereocenters. The second-order valence-electron chi connectivity index (χ2n) is 4.49. The summed E-state index contributed by atoms with van der Waals surface area (Å²) in [5.41, 5.74) is 0. The van der Waals surface area contributed by atoms with E-state index >= 15 is 0 Å². The van der Waals surface area contributed by atoms with Gasteiger partial charge < -0.3 is 14.9 Å². The van der Waals surface area contributed by atoms with E-state index < -0.39 is 0 Å². The zero-order valence-corrected chi connectivity index (χ0v) is 14.6. The minimum Gasteiger partial charge on any atom is -0.358 e. The van der Waals surface area contributed by atoms with Crippen LogP contribution in [0, 0.1) is 28.2 Å². The average Bonchev–Trinajstić information content (AvgIpc) is 2.58.